The number of benzene rings is 1. The number of alkyl halides is 1. The van der Waals surface area contributed by atoms with Crippen molar-refractivity contribution in [1.29, 1.82) is 0 Å². The van der Waals surface area contributed by atoms with E-state index in [2.05, 4.69) is 12.2 Å². The van der Waals surface area contributed by atoms with Crippen LogP contribution in [0.4, 0.5) is 4.39 Å². The van der Waals surface area contributed by atoms with Gasteiger partial charge in [-0.3, -0.25) is 0 Å². The summed E-state index contributed by atoms with van der Waals surface area (Å²) in [6.45, 7) is 1.35. The van der Waals surface area contributed by atoms with Crippen LogP contribution in [0.5, 0.6) is 5.75 Å². The second-order valence-electron chi connectivity index (χ2n) is 3.29. The van der Waals surface area contributed by atoms with Crippen molar-refractivity contribution in [3.63, 3.8) is 0 Å². The lowest BCUT2D eigenvalue weighted by Gasteiger charge is -2.10. The van der Waals surface area contributed by atoms with Crippen molar-refractivity contribution < 1.29 is 9.13 Å². The molecule has 0 heterocycles. The molecule has 0 spiro atoms. The molecule has 1 atom stereocenters. The van der Waals surface area contributed by atoms with E-state index in [1.54, 1.807) is 12.1 Å². The van der Waals surface area contributed by atoms with E-state index >= 15 is 0 Å². The SMILES string of the molecule is CNC(C)Cc1ccc(OCF)cc1. The summed E-state index contributed by atoms with van der Waals surface area (Å²) in [5.74, 6) is 0.577. The van der Waals surface area contributed by atoms with Gasteiger partial charge < -0.3 is 10.1 Å². The Hall–Kier alpha value is -1.09. The number of rotatable bonds is 5. The molecule has 0 fully saturated rings. The number of ether oxygens (including phenoxy) is 1. The van der Waals surface area contributed by atoms with Crippen LogP contribution in [0.15, 0.2) is 24.3 Å². The largest absolute Gasteiger partial charge is 0.463 e. The summed E-state index contributed by atoms with van der Waals surface area (Å²) < 4.78 is 16.5. The zero-order valence-electron chi connectivity index (χ0n) is 8.59. The standard InChI is InChI=1S/C11H16FNO/c1-9(13-2)7-10-3-5-11(6-4-10)14-8-12/h3-6,9,13H,7-8H2,1-2H3. The molecule has 1 aromatic rings. The molecule has 1 aromatic carbocycles. The quantitative estimate of drug-likeness (QED) is 0.780. The minimum Gasteiger partial charge on any atom is -0.463 e. The average Bonchev–Trinajstić information content (AvgIpc) is 2.21. The normalized spacial score (nSPS) is 12.5. The molecule has 2 nitrogen and oxygen atoms in total. The van der Waals surface area contributed by atoms with Crippen LogP contribution in [0.2, 0.25) is 0 Å². The molecule has 0 aromatic heterocycles. The van der Waals surface area contributed by atoms with Gasteiger partial charge in [-0.15, -0.1) is 0 Å². The molecule has 0 bridgehead atoms. The van der Waals surface area contributed by atoms with Gasteiger partial charge >= 0.3 is 0 Å². The number of likely N-dealkylation sites (N-methyl/N-ethyl adjacent to an activating group) is 1. The third kappa shape index (κ3) is 3.34. The summed E-state index contributed by atoms with van der Waals surface area (Å²) in [6, 6.07) is 7.94. The first-order valence-corrected chi connectivity index (χ1v) is 4.71. The molecule has 0 saturated heterocycles. The summed E-state index contributed by atoms with van der Waals surface area (Å²) in [4.78, 5) is 0. The van der Waals surface area contributed by atoms with E-state index < -0.39 is 6.86 Å². The van der Waals surface area contributed by atoms with Crippen LogP contribution in [0, 0.1) is 0 Å². The first-order valence-electron chi connectivity index (χ1n) is 4.71. The van der Waals surface area contributed by atoms with Gasteiger partial charge in [0.2, 0.25) is 6.86 Å². The van der Waals surface area contributed by atoms with Crippen molar-refractivity contribution in [2.75, 3.05) is 13.9 Å². The molecular weight excluding hydrogens is 181 g/mol. The predicted octanol–water partition coefficient (Wildman–Crippen LogP) is 2.14. The molecule has 0 radical (unpaired) electrons. The lowest BCUT2D eigenvalue weighted by molar-refractivity contribution is 0.191. The van der Waals surface area contributed by atoms with Crippen LogP contribution in [-0.2, 0) is 6.42 Å². The highest BCUT2D eigenvalue weighted by Gasteiger charge is 2.00. The monoisotopic (exact) mass is 197 g/mol. The predicted molar refractivity (Wildman–Crippen MR) is 55.3 cm³/mol. The Kier molecular flexibility index (Phi) is 4.40. The number of halogens is 1. The van der Waals surface area contributed by atoms with Crippen molar-refractivity contribution in [3.05, 3.63) is 29.8 Å². The summed E-state index contributed by atoms with van der Waals surface area (Å²) in [6.07, 6.45) is 0.965. The Morgan fingerprint density at radius 1 is 1.36 bits per heavy atom. The molecule has 0 saturated carbocycles. The first kappa shape index (κ1) is 11.0. The van der Waals surface area contributed by atoms with Gasteiger partial charge in [-0.2, -0.15) is 0 Å². The van der Waals surface area contributed by atoms with Crippen LogP contribution in [-0.4, -0.2) is 20.0 Å². The van der Waals surface area contributed by atoms with Crippen molar-refractivity contribution in [1.82, 2.24) is 5.32 Å². The van der Waals surface area contributed by atoms with Gasteiger partial charge in [-0.25, -0.2) is 4.39 Å². The molecule has 0 aliphatic rings. The zero-order valence-corrected chi connectivity index (χ0v) is 8.59. The summed E-state index contributed by atoms with van der Waals surface area (Å²) in [5.41, 5.74) is 1.22. The van der Waals surface area contributed by atoms with Gasteiger partial charge in [0.25, 0.3) is 0 Å². The zero-order chi connectivity index (χ0) is 10.4. The molecule has 3 heteroatoms. The Balaban J connectivity index is 2.54. The second kappa shape index (κ2) is 5.60. The maximum Gasteiger partial charge on any atom is 0.228 e. The average molecular weight is 197 g/mol. The van der Waals surface area contributed by atoms with E-state index in [-0.39, 0.29) is 0 Å². The minimum atomic E-state index is -0.772. The Bertz CT molecular complexity index is 260. The lowest BCUT2D eigenvalue weighted by atomic mass is 10.1. The van der Waals surface area contributed by atoms with Gasteiger partial charge in [-0.05, 0) is 38.1 Å². The van der Waals surface area contributed by atoms with Gasteiger partial charge in [0, 0.05) is 6.04 Å². The number of hydrogen-bond donors (Lipinski definition) is 1. The Morgan fingerprint density at radius 3 is 2.50 bits per heavy atom. The van der Waals surface area contributed by atoms with Gasteiger partial charge in [-0.1, -0.05) is 12.1 Å². The van der Waals surface area contributed by atoms with E-state index in [1.807, 2.05) is 19.2 Å². The van der Waals surface area contributed by atoms with Crippen molar-refractivity contribution in [3.8, 4) is 5.75 Å². The topological polar surface area (TPSA) is 21.3 Å². The molecular formula is C11H16FNO. The number of hydrogen-bond acceptors (Lipinski definition) is 2. The smallest absolute Gasteiger partial charge is 0.228 e. The first-order chi connectivity index (χ1) is 6.76. The van der Waals surface area contributed by atoms with Crippen LogP contribution >= 0.6 is 0 Å². The van der Waals surface area contributed by atoms with E-state index in [0.29, 0.717) is 11.8 Å². The Morgan fingerprint density at radius 2 is 2.00 bits per heavy atom. The lowest BCUT2D eigenvalue weighted by Crippen LogP contribution is -2.23. The fourth-order valence-electron chi connectivity index (χ4n) is 1.24. The van der Waals surface area contributed by atoms with Crippen LogP contribution in [0.25, 0.3) is 0 Å². The Labute approximate surface area is 84.1 Å². The fraction of sp³-hybridized carbons (Fsp3) is 0.455. The van der Waals surface area contributed by atoms with Crippen LogP contribution < -0.4 is 10.1 Å². The van der Waals surface area contributed by atoms with Gasteiger partial charge in [0.05, 0.1) is 0 Å². The minimum absolute atomic E-state index is 0.447. The highest BCUT2D eigenvalue weighted by atomic mass is 19.1. The van der Waals surface area contributed by atoms with Crippen LogP contribution in [0.3, 0.4) is 0 Å². The maximum absolute atomic E-state index is 11.8. The third-order valence-electron chi connectivity index (χ3n) is 2.18. The molecule has 1 N–H and O–H groups in total. The second-order valence-corrected chi connectivity index (χ2v) is 3.29. The highest BCUT2D eigenvalue weighted by molar-refractivity contribution is 5.27. The van der Waals surface area contributed by atoms with E-state index in [4.69, 9.17) is 4.74 Å². The third-order valence-corrected chi connectivity index (χ3v) is 2.18. The van der Waals surface area contributed by atoms with Crippen LogP contribution in [0.1, 0.15) is 12.5 Å². The highest BCUT2D eigenvalue weighted by Crippen LogP contribution is 2.13. The summed E-state index contributed by atoms with van der Waals surface area (Å²) >= 11 is 0. The van der Waals surface area contributed by atoms with Crippen molar-refractivity contribution >= 4 is 0 Å². The molecule has 1 unspecified atom stereocenters. The van der Waals surface area contributed by atoms with Gasteiger partial charge in [0.15, 0.2) is 0 Å². The van der Waals surface area contributed by atoms with E-state index in [0.717, 1.165) is 6.42 Å². The molecule has 0 aliphatic heterocycles. The van der Waals surface area contributed by atoms with Gasteiger partial charge in [0.1, 0.15) is 5.75 Å². The summed E-state index contributed by atoms with van der Waals surface area (Å²) in [5, 5.41) is 3.16. The molecule has 1 rings (SSSR count). The molecule has 14 heavy (non-hydrogen) atoms. The van der Waals surface area contributed by atoms with Crippen molar-refractivity contribution in [2.24, 2.45) is 0 Å². The molecule has 78 valence electrons. The molecule has 0 amide bonds. The molecule has 0 aliphatic carbocycles. The van der Waals surface area contributed by atoms with Crippen molar-refractivity contribution in [2.45, 2.75) is 19.4 Å². The number of nitrogens with one attached hydrogen (secondary N) is 1. The summed E-state index contributed by atoms with van der Waals surface area (Å²) in [7, 11) is 1.94. The van der Waals surface area contributed by atoms with E-state index in [9.17, 15) is 4.39 Å². The fourth-order valence-corrected chi connectivity index (χ4v) is 1.24. The maximum atomic E-state index is 11.8. The van der Waals surface area contributed by atoms with E-state index in [1.165, 1.54) is 5.56 Å².